The Kier molecular flexibility index (Phi) is 7.17. The second-order valence-electron chi connectivity index (χ2n) is 7.24. The van der Waals surface area contributed by atoms with Crippen LogP contribution < -0.4 is 14.8 Å². The van der Waals surface area contributed by atoms with Crippen LogP contribution in [0.2, 0.25) is 0 Å². The minimum absolute atomic E-state index is 0.222. The lowest BCUT2D eigenvalue weighted by molar-refractivity contribution is -0.158. The Labute approximate surface area is 180 Å². The van der Waals surface area contributed by atoms with Gasteiger partial charge < -0.3 is 28.8 Å². The van der Waals surface area contributed by atoms with Crippen LogP contribution in [-0.2, 0) is 14.3 Å². The van der Waals surface area contributed by atoms with Crippen LogP contribution in [0, 0.1) is 5.92 Å². The summed E-state index contributed by atoms with van der Waals surface area (Å²) in [6, 6.07) is 8.17. The molecule has 1 aromatic carbocycles. The lowest BCUT2D eigenvalue weighted by Gasteiger charge is -2.31. The molecule has 1 aliphatic heterocycles. The highest BCUT2D eigenvalue weighted by atomic mass is 16.5. The number of piperidine rings is 1. The molecule has 2 amide bonds. The summed E-state index contributed by atoms with van der Waals surface area (Å²) in [5, 5.41) is 2.69. The maximum atomic E-state index is 12.6. The minimum Gasteiger partial charge on any atom is -0.497 e. The van der Waals surface area contributed by atoms with Gasteiger partial charge in [-0.3, -0.25) is 14.4 Å². The summed E-state index contributed by atoms with van der Waals surface area (Å²) in [5.74, 6) is -0.494. The molecule has 166 valence electrons. The second-order valence-corrected chi connectivity index (χ2v) is 7.24. The molecule has 2 aromatic rings. The number of hydrogen-bond acceptors (Lipinski definition) is 7. The van der Waals surface area contributed by atoms with Crippen LogP contribution in [0.3, 0.4) is 0 Å². The number of rotatable bonds is 7. The van der Waals surface area contributed by atoms with Crippen molar-refractivity contribution in [2.24, 2.45) is 5.92 Å². The second kappa shape index (κ2) is 10.0. The van der Waals surface area contributed by atoms with E-state index in [1.54, 1.807) is 35.2 Å². The molecule has 0 unspecified atom stereocenters. The lowest BCUT2D eigenvalue weighted by Crippen LogP contribution is -2.44. The fourth-order valence-electron chi connectivity index (χ4n) is 3.36. The van der Waals surface area contributed by atoms with Gasteiger partial charge in [-0.25, -0.2) is 0 Å². The van der Waals surface area contributed by atoms with Crippen molar-refractivity contribution in [1.29, 1.82) is 0 Å². The van der Waals surface area contributed by atoms with Crippen LogP contribution in [0.4, 0.5) is 5.69 Å². The molecule has 0 aliphatic carbocycles. The molecule has 0 saturated carbocycles. The predicted octanol–water partition coefficient (Wildman–Crippen LogP) is 2.72. The van der Waals surface area contributed by atoms with Gasteiger partial charge in [-0.05, 0) is 31.9 Å². The molecule has 1 N–H and O–H groups in total. The molecule has 31 heavy (non-hydrogen) atoms. The number of benzene rings is 1. The highest BCUT2D eigenvalue weighted by Crippen LogP contribution is 2.26. The molecule has 9 nitrogen and oxygen atoms in total. The van der Waals surface area contributed by atoms with Crippen LogP contribution in [0.1, 0.15) is 30.3 Å². The van der Waals surface area contributed by atoms with Crippen LogP contribution in [0.15, 0.2) is 41.0 Å². The van der Waals surface area contributed by atoms with Crippen molar-refractivity contribution in [3.8, 4) is 11.5 Å². The van der Waals surface area contributed by atoms with Crippen molar-refractivity contribution < 1.29 is 33.0 Å². The van der Waals surface area contributed by atoms with Crippen molar-refractivity contribution in [2.45, 2.75) is 25.9 Å². The van der Waals surface area contributed by atoms with E-state index in [0.29, 0.717) is 36.6 Å². The number of methoxy groups -OCH3 is 2. The zero-order chi connectivity index (χ0) is 22.4. The lowest BCUT2D eigenvalue weighted by atomic mass is 9.98. The van der Waals surface area contributed by atoms with Crippen molar-refractivity contribution in [2.75, 3.05) is 32.6 Å². The summed E-state index contributed by atoms with van der Waals surface area (Å²) in [5.41, 5.74) is 0.456. The summed E-state index contributed by atoms with van der Waals surface area (Å²) in [6.45, 7) is 2.26. The number of furan rings is 1. The summed E-state index contributed by atoms with van der Waals surface area (Å²) in [6.07, 6.45) is 1.67. The van der Waals surface area contributed by atoms with E-state index in [2.05, 4.69) is 5.32 Å². The highest BCUT2D eigenvalue weighted by Gasteiger charge is 2.32. The number of nitrogens with zero attached hydrogens (tertiary/aromatic N) is 1. The normalized spacial score (nSPS) is 16.9. The SMILES string of the molecule is COc1cc(NC(=O)[C@H](C)OC(=O)[C@H]2CCCN(C(=O)c3ccco3)C2)cc(OC)c1. The smallest absolute Gasteiger partial charge is 0.311 e. The number of hydrogen-bond donors (Lipinski definition) is 1. The molecule has 1 aliphatic rings. The number of likely N-dealkylation sites (tertiary alicyclic amines) is 1. The number of ether oxygens (including phenoxy) is 3. The van der Waals surface area contributed by atoms with Gasteiger partial charge in [-0.1, -0.05) is 0 Å². The molecule has 0 radical (unpaired) electrons. The number of nitrogens with one attached hydrogen (secondary N) is 1. The van der Waals surface area contributed by atoms with Crippen molar-refractivity contribution in [3.05, 3.63) is 42.4 Å². The summed E-state index contributed by atoms with van der Waals surface area (Å²) >= 11 is 0. The van der Waals surface area contributed by atoms with E-state index in [0.717, 1.165) is 0 Å². The number of carbonyl (C=O) groups excluding carboxylic acids is 3. The monoisotopic (exact) mass is 430 g/mol. The van der Waals surface area contributed by atoms with Gasteiger partial charge in [0.15, 0.2) is 11.9 Å². The third-order valence-electron chi connectivity index (χ3n) is 5.06. The third-order valence-corrected chi connectivity index (χ3v) is 5.06. The standard InChI is InChI=1S/C22H26N2O7/c1-14(20(25)23-16-10-17(28-2)12-18(11-16)29-3)31-22(27)15-6-4-8-24(13-15)21(26)19-7-5-9-30-19/h5,7,9-12,14-15H,4,6,8,13H2,1-3H3,(H,23,25)/t14-,15-/m0/s1. The molecule has 1 saturated heterocycles. The molecule has 2 atom stereocenters. The molecule has 9 heteroatoms. The first kappa shape index (κ1) is 22.2. The molecule has 1 fully saturated rings. The number of esters is 1. The van der Waals surface area contributed by atoms with Crippen LogP contribution in [-0.4, -0.2) is 56.1 Å². The summed E-state index contributed by atoms with van der Waals surface area (Å²) in [4.78, 5) is 39.2. The number of carbonyl (C=O) groups is 3. The van der Waals surface area contributed by atoms with Crippen LogP contribution >= 0.6 is 0 Å². The van der Waals surface area contributed by atoms with Crippen molar-refractivity contribution >= 4 is 23.5 Å². The van der Waals surface area contributed by atoms with E-state index in [1.807, 2.05) is 0 Å². The van der Waals surface area contributed by atoms with Gasteiger partial charge in [-0.15, -0.1) is 0 Å². The van der Waals surface area contributed by atoms with E-state index in [1.165, 1.54) is 27.4 Å². The first-order chi connectivity index (χ1) is 14.9. The minimum atomic E-state index is -1.01. The molecule has 1 aromatic heterocycles. The number of amides is 2. The molecule has 0 spiro atoms. The maximum Gasteiger partial charge on any atom is 0.311 e. The Morgan fingerprint density at radius 2 is 1.87 bits per heavy atom. The van der Waals surface area contributed by atoms with Crippen molar-refractivity contribution in [1.82, 2.24) is 4.90 Å². The predicted molar refractivity (Wildman–Crippen MR) is 111 cm³/mol. The Balaban J connectivity index is 1.57. The van der Waals surface area contributed by atoms with Gasteiger partial charge >= 0.3 is 5.97 Å². The Morgan fingerprint density at radius 1 is 1.16 bits per heavy atom. The van der Waals surface area contributed by atoms with Gasteiger partial charge in [0.25, 0.3) is 11.8 Å². The van der Waals surface area contributed by atoms with E-state index >= 15 is 0 Å². The van der Waals surface area contributed by atoms with E-state index < -0.39 is 23.9 Å². The largest absolute Gasteiger partial charge is 0.497 e. The van der Waals surface area contributed by atoms with Gasteiger partial charge in [0.2, 0.25) is 0 Å². The zero-order valence-corrected chi connectivity index (χ0v) is 17.8. The van der Waals surface area contributed by atoms with Gasteiger partial charge in [0.1, 0.15) is 11.5 Å². The van der Waals surface area contributed by atoms with Crippen molar-refractivity contribution in [3.63, 3.8) is 0 Å². The molecule has 0 bridgehead atoms. The number of anilines is 1. The summed E-state index contributed by atoms with van der Waals surface area (Å²) in [7, 11) is 3.02. The Morgan fingerprint density at radius 3 is 2.48 bits per heavy atom. The van der Waals surface area contributed by atoms with E-state index in [4.69, 9.17) is 18.6 Å². The van der Waals surface area contributed by atoms with Gasteiger partial charge in [-0.2, -0.15) is 0 Å². The fraction of sp³-hybridized carbons (Fsp3) is 0.409. The van der Waals surface area contributed by atoms with Gasteiger partial charge in [0.05, 0.1) is 26.4 Å². The average Bonchev–Trinajstić information content (AvgIpc) is 3.33. The first-order valence-corrected chi connectivity index (χ1v) is 9.98. The van der Waals surface area contributed by atoms with E-state index in [9.17, 15) is 14.4 Å². The summed E-state index contributed by atoms with van der Waals surface area (Å²) < 4.78 is 20.9. The molecular formula is C22H26N2O7. The zero-order valence-electron chi connectivity index (χ0n) is 17.8. The Hall–Kier alpha value is -3.49. The Bertz CT molecular complexity index is 904. The fourth-order valence-corrected chi connectivity index (χ4v) is 3.36. The highest BCUT2D eigenvalue weighted by molar-refractivity contribution is 5.95. The molecular weight excluding hydrogens is 404 g/mol. The third kappa shape index (κ3) is 5.56. The first-order valence-electron chi connectivity index (χ1n) is 9.98. The average molecular weight is 430 g/mol. The molecule has 3 rings (SSSR count). The quantitative estimate of drug-likeness (QED) is 0.673. The van der Waals surface area contributed by atoms with Crippen LogP contribution in [0.25, 0.3) is 0 Å². The van der Waals surface area contributed by atoms with Crippen LogP contribution in [0.5, 0.6) is 11.5 Å². The topological polar surface area (TPSA) is 107 Å². The van der Waals surface area contributed by atoms with Gasteiger partial charge in [0, 0.05) is 37.0 Å². The van der Waals surface area contributed by atoms with E-state index in [-0.39, 0.29) is 18.2 Å². The molecule has 2 heterocycles. The maximum absolute atomic E-state index is 12.6.